The van der Waals surface area contributed by atoms with E-state index in [0.29, 0.717) is 24.4 Å². The number of aromatic nitrogens is 5. The van der Waals surface area contributed by atoms with Crippen LogP contribution in [0.15, 0.2) is 33.5 Å². The summed E-state index contributed by atoms with van der Waals surface area (Å²) >= 11 is 5.00. The van der Waals surface area contributed by atoms with Crippen LogP contribution in [0.25, 0.3) is 11.4 Å². The molecule has 7 nitrogen and oxygen atoms in total. The highest BCUT2D eigenvalue weighted by Gasteiger charge is 2.22. The van der Waals surface area contributed by atoms with E-state index in [1.54, 1.807) is 23.7 Å². The number of nitrogens with one attached hydrogen (secondary N) is 1. The quantitative estimate of drug-likeness (QED) is 0.717. The standard InChI is InChI=1S/C15H13BrN6OS/c16-12-7-24-13(20-12)6-22-2-1-10-11(5-22)19-14(21-15(10)23)9-3-17-8-18-4-9/h3-4,7-8H,1-2,5-6H2,(H,19,21,23). The van der Waals surface area contributed by atoms with Gasteiger partial charge in [0, 0.05) is 36.4 Å². The van der Waals surface area contributed by atoms with Crippen LogP contribution in [0.2, 0.25) is 0 Å². The fourth-order valence-corrected chi connectivity index (χ4v) is 4.05. The number of hydrogen-bond acceptors (Lipinski definition) is 7. The van der Waals surface area contributed by atoms with Crippen molar-refractivity contribution >= 4 is 27.3 Å². The molecule has 3 aromatic rings. The van der Waals surface area contributed by atoms with Crippen molar-refractivity contribution < 1.29 is 0 Å². The average Bonchev–Trinajstić information content (AvgIpc) is 3.00. The monoisotopic (exact) mass is 404 g/mol. The molecule has 0 aliphatic carbocycles. The molecule has 4 heterocycles. The van der Waals surface area contributed by atoms with Gasteiger partial charge in [0.25, 0.3) is 5.56 Å². The van der Waals surface area contributed by atoms with Crippen LogP contribution in [0.3, 0.4) is 0 Å². The zero-order valence-corrected chi connectivity index (χ0v) is 15.0. The first-order chi connectivity index (χ1) is 11.7. The molecule has 0 saturated carbocycles. The molecule has 3 aromatic heterocycles. The summed E-state index contributed by atoms with van der Waals surface area (Å²) in [6.45, 7) is 2.22. The minimum atomic E-state index is -0.0736. The molecule has 9 heteroatoms. The number of H-pyrrole nitrogens is 1. The number of rotatable bonds is 3. The number of fused-ring (bicyclic) bond motifs is 1. The third-order valence-corrected chi connectivity index (χ3v) is 5.41. The van der Waals surface area contributed by atoms with Crippen molar-refractivity contribution in [3.63, 3.8) is 0 Å². The molecule has 0 atom stereocenters. The maximum Gasteiger partial charge on any atom is 0.254 e. The second-order valence-electron chi connectivity index (χ2n) is 5.49. The van der Waals surface area contributed by atoms with Gasteiger partial charge in [0.2, 0.25) is 0 Å². The fraction of sp³-hybridized carbons (Fsp3) is 0.267. The molecule has 4 rings (SSSR count). The molecule has 1 aliphatic rings. The summed E-state index contributed by atoms with van der Waals surface area (Å²) in [5, 5.41) is 3.02. The van der Waals surface area contributed by atoms with Crippen molar-refractivity contribution in [3.05, 3.63) is 55.3 Å². The Balaban J connectivity index is 1.62. The lowest BCUT2D eigenvalue weighted by atomic mass is 10.1. The fourth-order valence-electron chi connectivity index (χ4n) is 2.74. The van der Waals surface area contributed by atoms with Gasteiger partial charge in [-0.05, 0) is 22.4 Å². The number of nitrogens with zero attached hydrogens (tertiary/aromatic N) is 5. The van der Waals surface area contributed by atoms with Crippen LogP contribution < -0.4 is 5.56 Å². The molecule has 24 heavy (non-hydrogen) atoms. The molecular formula is C15H13BrN6OS. The van der Waals surface area contributed by atoms with Gasteiger partial charge in [0.05, 0.1) is 17.8 Å². The van der Waals surface area contributed by atoms with Crippen molar-refractivity contribution in [1.29, 1.82) is 0 Å². The van der Waals surface area contributed by atoms with Gasteiger partial charge in [-0.1, -0.05) is 0 Å². The number of halogens is 1. The predicted octanol–water partition coefficient (Wildman–Crippen LogP) is 2.00. The molecule has 122 valence electrons. The number of hydrogen-bond donors (Lipinski definition) is 1. The summed E-state index contributed by atoms with van der Waals surface area (Å²) in [5.74, 6) is 0.512. The molecular weight excluding hydrogens is 392 g/mol. The van der Waals surface area contributed by atoms with E-state index >= 15 is 0 Å². The molecule has 0 fully saturated rings. The zero-order valence-electron chi connectivity index (χ0n) is 12.6. The summed E-state index contributed by atoms with van der Waals surface area (Å²) in [6, 6.07) is 0. The Morgan fingerprint density at radius 3 is 2.88 bits per heavy atom. The highest BCUT2D eigenvalue weighted by molar-refractivity contribution is 9.10. The lowest BCUT2D eigenvalue weighted by molar-refractivity contribution is 0.240. The summed E-state index contributed by atoms with van der Waals surface area (Å²) < 4.78 is 0.862. The Morgan fingerprint density at radius 2 is 2.12 bits per heavy atom. The van der Waals surface area contributed by atoms with Crippen molar-refractivity contribution in [2.24, 2.45) is 0 Å². The van der Waals surface area contributed by atoms with Gasteiger partial charge in [-0.25, -0.2) is 19.9 Å². The Bertz CT molecular complexity index is 925. The summed E-state index contributed by atoms with van der Waals surface area (Å²) in [4.78, 5) is 34.5. The summed E-state index contributed by atoms with van der Waals surface area (Å²) in [5.41, 5.74) is 2.22. The molecule has 1 N–H and O–H groups in total. The maximum absolute atomic E-state index is 12.4. The van der Waals surface area contributed by atoms with Crippen molar-refractivity contribution in [1.82, 2.24) is 29.8 Å². The Morgan fingerprint density at radius 1 is 1.29 bits per heavy atom. The van der Waals surface area contributed by atoms with Crippen LogP contribution in [0, 0.1) is 0 Å². The van der Waals surface area contributed by atoms with Gasteiger partial charge in [-0.2, -0.15) is 0 Å². The third kappa shape index (κ3) is 3.14. The van der Waals surface area contributed by atoms with E-state index in [1.165, 1.54) is 6.33 Å². The zero-order chi connectivity index (χ0) is 16.5. The number of aromatic amines is 1. The molecule has 0 aromatic carbocycles. The molecule has 0 spiro atoms. The van der Waals surface area contributed by atoms with E-state index in [1.807, 2.05) is 5.38 Å². The van der Waals surface area contributed by atoms with Gasteiger partial charge >= 0.3 is 0 Å². The second-order valence-corrected chi connectivity index (χ2v) is 7.25. The smallest absolute Gasteiger partial charge is 0.254 e. The Hall–Kier alpha value is -1.97. The molecule has 0 amide bonds. The molecule has 0 unspecified atom stereocenters. The van der Waals surface area contributed by atoms with Crippen molar-refractivity contribution in [2.75, 3.05) is 6.54 Å². The van der Waals surface area contributed by atoms with Crippen LogP contribution in [-0.2, 0) is 19.5 Å². The van der Waals surface area contributed by atoms with Crippen LogP contribution in [0.4, 0.5) is 0 Å². The van der Waals surface area contributed by atoms with E-state index in [-0.39, 0.29) is 5.56 Å². The Kier molecular flexibility index (Phi) is 4.21. The molecule has 1 aliphatic heterocycles. The van der Waals surface area contributed by atoms with E-state index < -0.39 is 0 Å². The highest BCUT2D eigenvalue weighted by atomic mass is 79.9. The molecule has 0 radical (unpaired) electrons. The summed E-state index contributed by atoms with van der Waals surface area (Å²) in [7, 11) is 0. The Labute approximate surface area is 150 Å². The topological polar surface area (TPSA) is 87.7 Å². The lowest BCUT2D eigenvalue weighted by Gasteiger charge is -2.26. The van der Waals surface area contributed by atoms with Crippen molar-refractivity contribution in [3.8, 4) is 11.4 Å². The van der Waals surface area contributed by atoms with Gasteiger partial charge in [-0.3, -0.25) is 9.69 Å². The average molecular weight is 405 g/mol. The van der Waals surface area contributed by atoms with E-state index in [2.05, 4.69) is 45.7 Å². The SMILES string of the molecule is O=c1[nH]c(-c2cncnc2)nc2c1CCN(Cc1nc(Br)cs1)C2. The first-order valence-electron chi connectivity index (χ1n) is 7.39. The van der Waals surface area contributed by atoms with E-state index in [9.17, 15) is 4.79 Å². The van der Waals surface area contributed by atoms with E-state index in [4.69, 9.17) is 0 Å². The maximum atomic E-state index is 12.4. The van der Waals surface area contributed by atoms with Crippen LogP contribution in [0.1, 0.15) is 16.3 Å². The third-order valence-electron chi connectivity index (χ3n) is 3.87. The van der Waals surface area contributed by atoms with Crippen LogP contribution in [-0.4, -0.2) is 36.4 Å². The normalized spacial score (nSPS) is 14.5. The number of thiazole rings is 1. The first-order valence-corrected chi connectivity index (χ1v) is 9.06. The highest BCUT2D eigenvalue weighted by Crippen LogP contribution is 2.21. The molecule has 0 bridgehead atoms. The van der Waals surface area contributed by atoms with Crippen LogP contribution in [0.5, 0.6) is 0 Å². The minimum absolute atomic E-state index is 0.0736. The predicted molar refractivity (Wildman–Crippen MR) is 93.5 cm³/mol. The van der Waals surface area contributed by atoms with Gasteiger partial charge < -0.3 is 4.98 Å². The minimum Gasteiger partial charge on any atom is -0.306 e. The van der Waals surface area contributed by atoms with Crippen LogP contribution >= 0.6 is 27.3 Å². The molecule has 0 saturated heterocycles. The van der Waals surface area contributed by atoms with Gasteiger partial charge in [0.1, 0.15) is 21.8 Å². The largest absolute Gasteiger partial charge is 0.306 e. The first kappa shape index (κ1) is 15.6. The van der Waals surface area contributed by atoms with E-state index in [0.717, 1.165) is 34.0 Å². The second kappa shape index (κ2) is 6.50. The van der Waals surface area contributed by atoms with Gasteiger partial charge in [0.15, 0.2) is 0 Å². The summed E-state index contributed by atoms with van der Waals surface area (Å²) in [6.07, 6.45) is 5.43. The van der Waals surface area contributed by atoms with Gasteiger partial charge in [-0.15, -0.1) is 11.3 Å². The van der Waals surface area contributed by atoms with Crippen molar-refractivity contribution in [2.45, 2.75) is 19.5 Å². The lowest BCUT2D eigenvalue weighted by Crippen LogP contribution is -2.35.